The standard InChI is InChI=1S/C9H11N3O/c1-4-7-5-11-9(10-3)8(12-7)6(2)13/h4-5H,1H2,2-3H3,(H,10,11). The normalized spacial score (nSPS) is 9.38. The summed E-state index contributed by atoms with van der Waals surface area (Å²) in [4.78, 5) is 19.2. The molecule has 1 heterocycles. The first kappa shape index (κ1) is 9.38. The van der Waals surface area contributed by atoms with Crippen LogP contribution in [0.5, 0.6) is 0 Å². The van der Waals surface area contributed by atoms with Gasteiger partial charge in [-0.05, 0) is 6.08 Å². The first-order valence-corrected chi connectivity index (χ1v) is 3.87. The molecule has 0 spiro atoms. The van der Waals surface area contributed by atoms with Crippen molar-refractivity contribution < 1.29 is 4.79 Å². The van der Waals surface area contributed by atoms with Crippen LogP contribution in [0.25, 0.3) is 6.08 Å². The number of rotatable bonds is 3. The number of anilines is 1. The molecule has 0 aromatic carbocycles. The Kier molecular flexibility index (Phi) is 2.74. The van der Waals surface area contributed by atoms with E-state index in [9.17, 15) is 4.79 Å². The Labute approximate surface area is 76.7 Å². The molecule has 0 saturated carbocycles. The third kappa shape index (κ3) is 1.90. The van der Waals surface area contributed by atoms with Crippen molar-refractivity contribution in [2.45, 2.75) is 6.92 Å². The highest BCUT2D eigenvalue weighted by Gasteiger charge is 2.09. The summed E-state index contributed by atoms with van der Waals surface area (Å²) in [5.41, 5.74) is 0.948. The van der Waals surface area contributed by atoms with Gasteiger partial charge in [0.25, 0.3) is 0 Å². The van der Waals surface area contributed by atoms with Crippen molar-refractivity contribution >= 4 is 17.7 Å². The number of carbonyl (C=O) groups excluding carboxylic acids is 1. The predicted molar refractivity (Wildman–Crippen MR) is 51.7 cm³/mol. The molecular weight excluding hydrogens is 166 g/mol. The Bertz CT molecular complexity index is 347. The van der Waals surface area contributed by atoms with E-state index in [1.807, 2.05) is 0 Å². The van der Waals surface area contributed by atoms with Crippen molar-refractivity contribution in [3.8, 4) is 0 Å². The molecule has 1 N–H and O–H groups in total. The van der Waals surface area contributed by atoms with Crippen LogP contribution in [0.4, 0.5) is 5.82 Å². The van der Waals surface area contributed by atoms with Gasteiger partial charge in [0.15, 0.2) is 11.6 Å². The molecule has 1 aromatic rings. The second-order valence-corrected chi connectivity index (χ2v) is 2.50. The van der Waals surface area contributed by atoms with Crippen LogP contribution >= 0.6 is 0 Å². The van der Waals surface area contributed by atoms with Crippen molar-refractivity contribution in [3.63, 3.8) is 0 Å². The molecule has 0 bridgehead atoms. The van der Waals surface area contributed by atoms with Crippen molar-refractivity contribution in [1.82, 2.24) is 9.97 Å². The lowest BCUT2D eigenvalue weighted by Crippen LogP contribution is -2.06. The molecule has 0 saturated heterocycles. The molecule has 1 rings (SSSR count). The molecule has 0 aliphatic heterocycles. The molecule has 0 aliphatic rings. The predicted octanol–water partition coefficient (Wildman–Crippen LogP) is 1.36. The minimum atomic E-state index is -0.111. The Morgan fingerprint density at radius 2 is 2.38 bits per heavy atom. The third-order valence-corrected chi connectivity index (χ3v) is 1.57. The van der Waals surface area contributed by atoms with Crippen LogP contribution in [0, 0.1) is 0 Å². The smallest absolute Gasteiger partial charge is 0.181 e. The van der Waals surface area contributed by atoms with E-state index in [0.29, 0.717) is 17.2 Å². The second kappa shape index (κ2) is 3.80. The van der Waals surface area contributed by atoms with E-state index >= 15 is 0 Å². The molecule has 0 unspecified atom stereocenters. The van der Waals surface area contributed by atoms with Crippen LogP contribution in [0.1, 0.15) is 23.1 Å². The number of carbonyl (C=O) groups is 1. The largest absolute Gasteiger partial charge is 0.371 e. The van der Waals surface area contributed by atoms with E-state index in [0.717, 1.165) is 0 Å². The minimum Gasteiger partial charge on any atom is -0.371 e. The molecule has 68 valence electrons. The van der Waals surface area contributed by atoms with Gasteiger partial charge in [-0.3, -0.25) is 4.79 Å². The highest BCUT2D eigenvalue weighted by atomic mass is 16.1. The Morgan fingerprint density at radius 3 is 2.85 bits per heavy atom. The van der Waals surface area contributed by atoms with Gasteiger partial charge in [-0.2, -0.15) is 0 Å². The maximum atomic E-state index is 11.1. The monoisotopic (exact) mass is 177 g/mol. The molecule has 1 aromatic heterocycles. The second-order valence-electron chi connectivity index (χ2n) is 2.50. The molecule has 0 radical (unpaired) electrons. The fourth-order valence-electron chi connectivity index (χ4n) is 0.930. The van der Waals surface area contributed by atoms with Crippen molar-refractivity contribution in [2.75, 3.05) is 12.4 Å². The van der Waals surface area contributed by atoms with Gasteiger partial charge in [-0.25, -0.2) is 9.97 Å². The third-order valence-electron chi connectivity index (χ3n) is 1.57. The number of aromatic nitrogens is 2. The first-order valence-electron chi connectivity index (χ1n) is 3.87. The molecule has 0 amide bonds. The highest BCUT2D eigenvalue weighted by Crippen LogP contribution is 2.10. The fourth-order valence-corrected chi connectivity index (χ4v) is 0.930. The number of Topliss-reactive ketones (excluding diaryl/α,β-unsaturated/α-hetero) is 1. The summed E-state index contributed by atoms with van der Waals surface area (Å²) >= 11 is 0. The number of hydrogen-bond acceptors (Lipinski definition) is 4. The first-order chi connectivity index (χ1) is 6.19. The number of nitrogens with one attached hydrogen (secondary N) is 1. The quantitative estimate of drug-likeness (QED) is 0.708. The summed E-state index contributed by atoms with van der Waals surface area (Å²) in [6.07, 6.45) is 3.12. The zero-order chi connectivity index (χ0) is 9.84. The van der Waals surface area contributed by atoms with Gasteiger partial charge in [0.1, 0.15) is 5.69 Å². The van der Waals surface area contributed by atoms with E-state index < -0.39 is 0 Å². The SMILES string of the molecule is C=Cc1cnc(NC)c(C(C)=O)n1. The Balaban J connectivity index is 3.25. The van der Waals surface area contributed by atoms with Crippen molar-refractivity contribution in [3.05, 3.63) is 24.2 Å². The molecule has 0 fully saturated rings. The van der Waals surface area contributed by atoms with Gasteiger partial charge in [0, 0.05) is 14.0 Å². The van der Waals surface area contributed by atoms with E-state index in [2.05, 4.69) is 21.9 Å². The molecule has 4 heteroatoms. The maximum Gasteiger partial charge on any atom is 0.181 e. The summed E-state index contributed by atoms with van der Waals surface area (Å²) < 4.78 is 0. The van der Waals surface area contributed by atoms with Crippen LogP contribution in [-0.2, 0) is 0 Å². The number of ketones is 1. The van der Waals surface area contributed by atoms with Gasteiger partial charge >= 0.3 is 0 Å². The zero-order valence-corrected chi connectivity index (χ0v) is 7.66. The lowest BCUT2D eigenvalue weighted by molar-refractivity contribution is 0.101. The van der Waals surface area contributed by atoms with Gasteiger partial charge in [-0.15, -0.1) is 0 Å². The summed E-state index contributed by atoms with van der Waals surface area (Å²) in [6, 6.07) is 0. The Morgan fingerprint density at radius 1 is 1.69 bits per heavy atom. The number of hydrogen-bond donors (Lipinski definition) is 1. The molecule has 0 atom stereocenters. The fraction of sp³-hybridized carbons (Fsp3) is 0.222. The van der Waals surface area contributed by atoms with Crippen LogP contribution in [0.3, 0.4) is 0 Å². The highest BCUT2D eigenvalue weighted by molar-refractivity contribution is 5.96. The van der Waals surface area contributed by atoms with Crippen LogP contribution in [0.15, 0.2) is 12.8 Å². The summed E-state index contributed by atoms with van der Waals surface area (Å²) in [6.45, 7) is 5.01. The minimum absolute atomic E-state index is 0.111. The van der Waals surface area contributed by atoms with Crippen molar-refractivity contribution in [1.29, 1.82) is 0 Å². The summed E-state index contributed by atoms with van der Waals surface area (Å²) in [5, 5.41) is 2.80. The number of nitrogens with zero attached hydrogens (tertiary/aromatic N) is 2. The van der Waals surface area contributed by atoms with Gasteiger partial charge in [0.05, 0.1) is 11.9 Å². The average Bonchev–Trinajstić information content (AvgIpc) is 2.16. The topological polar surface area (TPSA) is 54.9 Å². The zero-order valence-electron chi connectivity index (χ0n) is 7.66. The van der Waals surface area contributed by atoms with Crippen molar-refractivity contribution in [2.24, 2.45) is 0 Å². The molecular formula is C9H11N3O. The lowest BCUT2D eigenvalue weighted by Gasteiger charge is -2.04. The van der Waals surface area contributed by atoms with Crippen LogP contribution in [0.2, 0.25) is 0 Å². The maximum absolute atomic E-state index is 11.1. The van der Waals surface area contributed by atoms with Gasteiger partial charge in [-0.1, -0.05) is 6.58 Å². The lowest BCUT2D eigenvalue weighted by atomic mass is 10.3. The summed E-state index contributed by atoms with van der Waals surface area (Å²) in [5.74, 6) is 0.388. The van der Waals surface area contributed by atoms with Gasteiger partial charge < -0.3 is 5.32 Å². The summed E-state index contributed by atoms with van der Waals surface area (Å²) in [7, 11) is 1.70. The van der Waals surface area contributed by atoms with E-state index in [4.69, 9.17) is 0 Å². The van der Waals surface area contributed by atoms with Gasteiger partial charge in [0.2, 0.25) is 0 Å². The van der Waals surface area contributed by atoms with E-state index in [-0.39, 0.29) is 5.78 Å². The Hall–Kier alpha value is -1.71. The molecule has 13 heavy (non-hydrogen) atoms. The average molecular weight is 177 g/mol. The van der Waals surface area contributed by atoms with Crippen LogP contribution < -0.4 is 5.32 Å². The van der Waals surface area contributed by atoms with E-state index in [1.54, 1.807) is 19.3 Å². The molecule has 4 nitrogen and oxygen atoms in total. The van der Waals surface area contributed by atoms with E-state index in [1.165, 1.54) is 6.92 Å². The van der Waals surface area contributed by atoms with Crippen LogP contribution in [-0.4, -0.2) is 22.8 Å². The molecule has 0 aliphatic carbocycles.